The van der Waals surface area contributed by atoms with Gasteiger partial charge in [0.15, 0.2) is 0 Å². The van der Waals surface area contributed by atoms with Gasteiger partial charge in [0.05, 0.1) is 24.9 Å². The average molecular weight is 479 g/mol. The van der Waals surface area contributed by atoms with Gasteiger partial charge < -0.3 is 25.2 Å². The molecule has 1 aliphatic carbocycles. The Bertz CT molecular complexity index is 923. The summed E-state index contributed by atoms with van der Waals surface area (Å²) in [5.74, 6) is 0. The Morgan fingerprint density at radius 1 is 1.09 bits per heavy atom. The predicted octanol–water partition coefficient (Wildman–Crippen LogP) is 4.12. The lowest BCUT2D eigenvalue weighted by atomic mass is 9.93. The summed E-state index contributed by atoms with van der Waals surface area (Å²) >= 11 is 1.74. The zero-order chi connectivity index (χ0) is 24.4. The lowest BCUT2D eigenvalue weighted by molar-refractivity contribution is -0.113. The molecule has 4 rings (SSSR count). The van der Waals surface area contributed by atoms with E-state index >= 15 is 0 Å². The summed E-state index contributed by atoms with van der Waals surface area (Å²) in [5, 5.41) is 33.5. The van der Waals surface area contributed by atoms with Crippen molar-refractivity contribution in [2.75, 3.05) is 20.8 Å². The van der Waals surface area contributed by atoms with Crippen molar-refractivity contribution in [2.24, 2.45) is 0 Å². The zero-order valence-corrected chi connectivity index (χ0v) is 20.3. The summed E-state index contributed by atoms with van der Waals surface area (Å²) in [6, 6.07) is 10.6. The molecular formula is C26H35FO5S. The van der Waals surface area contributed by atoms with Crippen LogP contribution < -0.4 is 0 Å². The fraction of sp³-hybridized carbons (Fsp3) is 0.462. The van der Waals surface area contributed by atoms with Gasteiger partial charge in [-0.15, -0.1) is 11.3 Å². The molecule has 1 fully saturated rings. The van der Waals surface area contributed by atoms with Crippen molar-refractivity contribution in [3.8, 4) is 0 Å². The van der Waals surface area contributed by atoms with Crippen LogP contribution in [0.1, 0.15) is 51.8 Å². The number of rotatable bonds is 5. The highest BCUT2D eigenvalue weighted by Crippen LogP contribution is 2.34. The van der Waals surface area contributed by atoms with E-state index in [1.165, 1.54) is 20.9 Å². The maximum absolute atomic E-state index is 13.3. The molecule has 4 atom stereocenters. The maximum atomic E-state index is 13.3. The average Bonchev–Trinajstić information content (AvgIpc) is 3.31. The van der Waals surface area contributed by atoms with E-state index in [0.29, 0.717) is 19.3 Å². The van der Waals surface area contributed by atoms with Gasteiger partial charge in [0.2, 0.25) is 0 Å². The first kappa shape index (κ1) is 27.4. The van der Waals surface area contributed by atoms with Gasteiger partial charge in [-0.3, -0.25) is 0 Å². The van der Waals surface area contributed by atoms with Crippen molar-refractivity contribution in [3.05, 3.63) is 75.0 Å². The number of aryl methyl sites for hydroxylation is 1. The molecule has 1 aromatic heterocycles. The molecule has 1 aliphatic heterocycles. The number of ether oxygens (including phenoxy) is 1. The van der Waals surface area contributed by atoms with E-state index in [1.807, 2.05) is 12.2 Å². The maximum Gasteiger partial charge on any atom is 0.122 e. The third kappa shape index (κ3) is 7.57. The number of aliphatic hydroxyl groups excluding tert-OH is 4. The minimum atomic E-state index is -0.866. The first-order valence-electron chi connectivity index (χ1n) is 11.1. The quantitative estimate of drug-likeness (QED) is 0.519. The lowest BCUT2D eigenvalue weighted by Crippen LogP contribution is -2.33. The van der Waals surface area contributed by atoms with E-state index in [1.54, 1.807) is 17.4 Å². The molecule has 1 saturated heterocycles. The zero-order valence-electron chi connectivity index (χ0n) is 19.4. The topological polar surface area (TPSA) is 90.2 Å². The number of allylic oxidation sites excluding steroid dienone is 4. The molecule has 0 amide bonds. The summed E-state index contributed by atoms with van der Waals surface area (Å²) in [7, 11) is 2.00. The van der Waals surface area contributed by atoms with Gasteiger partial charge in [-0.2, -0.15) is 0 Å². The Labute approximate surface area is 199 Å². The van der Waals surface area contributed by atoms with E-state index in [4.69, 9.17) is 14.9 Å². The number of hydrogen-bond acceptors (Lipinski definition) is 6. The van der Waals surface area contributed by atoms with E-state index in [-0.39, 0.29) is 18.8 Å². The molecule has 0 saturated carbocycles. The first-order valence-corrected chi connectivity index (χ1v) is 11.9. The van der Waals surface area contributed by atoms with Crippen molar-refractivity contribution in [1.82, 2.24) is 0 Å². The Morgan fingerprint density at radius 2 is 1.85 bits per heavy atom. The molecule has 7 heteroatoms. The van der Waals surface area contributed by atoms with Crippen molar-refractivity contribution >= 4 is 16.9 Å². The largest absolute Gasteiger partial charge is 0.400 e. The Morgan fingerprint density at radius 3 is 2.52 bits per heavy atom. The number of hydrogen-bond donors (Lipinski definition) is 4. The van der Waals surface area contributed by atoms with Crippen molar-refractivity contribution in [3.63, 3.8) is 0 Å². The van der Waals surface area contributed by atoms with Gasteiger partial charge >= 0.3 is 0 Å². The number of benzene rings is 1. The van der Waals surface area contributed by atoms with Crippen LogP contribution in [0.3, 0.4) is 0 Å². The first-order chi connectivity index (χ1) is 16.0. The fourth-order valence-electron chi connectivity index (χ4n) is 4.00. The van der Waals surface area contributed by atoms with E-state index in [2.05, 4.69) is 37.3 Å². The number of halogens is 1. The van der Waals surface area contributed by atoms with Gasteiger partial charge in [0, 0.05) is 49.7 Å². The number of aliphatic hydroxyl groups is 4. The molecule has 4 unspecified atom stereocenters. The van der Waals surface area contributed by atoms with Crippen molar-refractivity contribution in [1.29, 1.82) is 0 Å². The van der Waals surface area contributed by atoms with Crippen LogP contribution in [0.25, 0.3) is 5.57 Å². The van der Waals surface area contributed by atoms with Gasteiger partial charge in [-0.25, -0.2) is 4.39 Å². The smallest absolute Gasteiger partial charge is 0.122 e. The highest BCUT2D eigenvalue weighted by Gasteiger charge is 2.29. The monoisotopic (exact) mass is 478 g/mol. The van der Waals surface area contributed by atoms with Gasteiger partial charge in [-0.05, 0) is 47.4 Å². The Kier molecular flexibility index (Phi) is 11.4. The Hall–Kier alpha value is -1.87. The molecule has 2 heterocycles. The summed E-state index contributed by atoms with van der Waals surface area (Å²) < 4.78 is 19.3. The number of thiophene rings is 1. The van der Waals surface area contributed by atoms with E-state index in [9.17, 15) is 14.6 Å². The van der Waals surface area contributed by atoms with Crippen LogP contribution in [0.15, 0.2) is 48.6 Å². The van der Waals surface area contributed by atoms with Crippen LogP contribution in [0.5, 0.6) is 0 Å². The second-order valence-corrected chi connectivity index (χ2v) is 9.12. The molecule has 0 radical (unpaired) electrons. The minimum absolute atomic E-state index is 0.0717. The van der Waals surface area contributed by atoms with Crippen LogP contribution in [-0.4, -0.2) is 59.6 Å². The van der Waals surface area contributed by atoms with Gasteiger partial charge in [-0.1, -0.05) is 30.4 Å². The predicted molar refractivity (Wildman–Crippen MR) is 131 cm³/mol. The third-order valence-corrected chi connectivity index (χ3v) is 6.82. The SMILES string of the molecule is CO.CO.Cc1ccc(C2CC(O)CC(CO)O2)cc1Cc1ccc(C2=CCC(F)C=C2)s1. The van der Waals surface area contributed by atoms with Crippen LogP contribution in [-0.2, 0) is 11.2 Å². The number of alkyl halides is 1. The molecule has 182 valence electrons. The molecule has 4 N–H and O–H groups in total. The summed E-state index contributed by atoms with van der Waals surface area (Å²) in [6.07, 6.45) is 5.96. The standard InChI is InChI=1S/C24H27FO3S.2CH4O/c1-15-2-3-17(23-13-20(27)12-21(14-26)28-23)10-18(15)11-22-8-9-24(29-22)16-4-6-19(25)7-5-16;2*1-2/h2-6,8-10,19-21,23,26-27H,7,11-14H2,1H3;2*2H,1H3. The van der Waals surface area contributed by atoms with Crippen LogP contribution >= 0.6 is 11.3 Å². The van der Waals surface area contributed by atoms with E-state index in [0.717, 1.165) is 31.8 Å². The molecule has 0 spiro atoms. The van der Waals surface area contributed by atoms with Crippen LogP contribution in [0.2, 0.25) is 0 Å². The van der Waals surface area contributed by atoms with Crippen LogP contribution in [0, 0.1) is 6.92 Å². The lowest BCUT2D eigenvalue weighted by Gasteiger charge is -2.32. The summed E-state index contributed by atoms with van der Waals surface area (Å²) in [4.78, 5) is 2.43. The molecule has 0 bridgehead atoms. The third-order valence-electron chi connectivity index (χ3n) is 5.68. The fourth-order valence-corrected chi connectivity index (χ4v) is 5.05. The van der Waals surface area contributed by atoms with Crippen molar-refractivity contribution in [2.45, 2.75) is 57.1 Å². The van der Waals surface area contributed by atoms with E-state index < -0.39 is 12.3 Å². The molecule has 2 aromatic rings. The van der Waals surface area contributed by atoms with Gasteiger partial charge in [0.1, 0.15) is 6.17 Å². The molecule has 33 heavy (non-hydrogen) atoms. The summed E-state index contributed by atoms with van der Waals surface area (Å²) in [6.45, 7) is 2.03. The highest BCUT2D eigenvalue weighted by atomic mass is 32.1. The normalized spacial score (nSPS) is 24.2. The molecule has 5 nitrogen and oxygen atoms in total. The summed E-state index contributed by atoms with van der Waals surface area (Å²) in [5.41, 5.74) is 4.60. The second-order valence-electron chi connectivity index (χ2n) is 7.95. The van der Waals surface area contributed by atoms with Gasteiger partial charge in [0.25, 0.3) is 0 Å². The molecule has 1 aromatic carbocycles. The minimum Gasteiger partial charge on any atom is -0.400 e. The van der Waals surface area contributed by atoms with Crippen LogP contribution in [0.4, 0.5) is 4.39 Å². The highest BCUT2D eigenvalue weighted by molar-refractivity contribution is 7.13. The van der Waals surface area contributed by atoms with Crippen molar-refractivity contribution < 1.29 is 29.6 Å². The molecular weight excluding hydrogens is 443 g/mol. The molecule has 2 aliphatic rings. The Balaban J connectivity index is 0.000000914. The second kappa shape index (κ2) is 13.7.